The number of halogens is 1. The van der Waals surface area contributed by atoms with E-state index in [1.165, 1.54) is 0 Å². The molecule has 1 aromatic carbocycles. The molecule has 1 aliphatic heterocycles. The molecule has 0 radical (unpaired) electrons. The van der Waals surface area contributed by atoms with Gasteiger partial charge in [0.1, 0.15) is 0 Å². The Bertz CT molecular complexity index is 607. The fraction of sp³-hybridized carbons (Fsp3) is 0.650. The van der Waals surface area contributed by atoms with Gasteiger partial charge in [0.25, 0.3) is 0 Å². The minimum Gasteiger partial charge on any atom is -0.493 e. The van der Waals surface area contributed by atoms with Crippen LogP contribution in [0.2, 0.25) is 0 Å². The Morgan fingerprint density at radius 3 is 2.04 bits per heavy atom. The molecule has 1 aromatic rings. The van der Waals surface area contributed by atoms with Gasteiger partial charge >= 0.3 is 0 Å². The van der Waals surface area contributed by atoms with Crippen LogP contribution in [0.1, 0.15) is 19.4 Å². The van der Waals surface area contributed by atoms with Crippen LogP contribution in [0.25, 0.3) is 0 Å². The first-order chi connectivity index (χ1) is 13.0. The number of rotatable bonds is 7. The highest BCUT2D eigenvalue weighted by Crippen LogP contribution is 2.38. The average Bonchev–Trinajstić information content (AvgIpc) is 2.68. The fourth-order valence-electron chi connectivity index (χ4n) is 3.23. The summed E-state index contributed by atoms with van der Waals surface area (Å²) < 4.78 is 16.3. The maximum Gasteiger partial charge on any atom is 0.203 e. The molecule has 7 nitrogen and oxygen atoms in total. The van der Waals surface area contributed by atoms with Crippen LogP contribution < -0.4 is 19.5 Å². The molecule has 1 fully saturated rings. The highest BCUT2D eigenvalue weighted by molar-refractivity contribution is 14.0. The summed E-state index contributed by atoms with van der Waals surface area (Å²) in [5, 5.41) is 3.46. The molecule has 0 bridgehead atoms. The standard InChI is InChI=1S/C20H34N4O3.HI/c1-15(2)13-22-20(21-3)24-9-7-23(8-10-24)14-16-11-17(25-4)19(27-6)18(12-16)26-5;/h11-12,15H,7-10,13-14H2,1-6H3,(H,21,22);1H. The lowest BCUT2D eigenvalue weighted by atomic mass is 10.1. The van der Waals surface area contributed by atoms with Gasteiger partial charge in [0.15, 0.2) is 17.5 Å². The molecule has 2 rings (SSSR count). The SMILES string of the molecule is CN=C(NCC(C)C)N1CCN(Cc2cc(OC)c(OC)c(OC)c2)CC1.I. The summed E-state index contributed by atoms with van der Waals surface area (Å²) >= 11 is 0. The first-order valence-corrected chi connectivity index (χ1v) is 9.49. The van der Waals surface area contributed by atoms with E-state index >= 15 is 0 Å². The number of methoxy groups -OCH3 is 3. The van der Waals surface area contributed by atoms with Gasteiger partial charge in [-0.2, -0.15) is 0 Å². The van der Waals surface area contributed by atoms with E-state index in [4.69, 9.17) is 14.2 Å². The maximum atomic E-state index is 5.46. The molecule has 8 heteroatoms. The van der Waals surface area contributed by atoms with E-state index in [1.54, 1.807) is 21.3 Å². The van der Waals surface area contributed by atoms with Crippen LogP contribution in [-0.4, -0.2) is 76.9 Å². The van der Waals surface area contributed by atoms with Crippen LogP contribution in [-0.2, 0) is 6.54 Å². The van der Waals surface area contributed by atoms with Gasteiger partial charge in [0, 0.05) is 46.3 Å². The molecule has 0 amide bonds. The van der Waals surface area contributed by atoms with E-state index < -0.39 is 0 Å². The molecule has 1 heterocycles. The van der Waals surface area contributed by atoms with Gasteiger partial charge in [-0.05, 0) is 23.6 Å². The Kier molecular flexibility index (Phi) is 10.7. The molecular weight excluding hydrogens is 471 g/mol. The fourth-order valence-corrected chi connectivity index (χ4v) is 3.23. The molecule has 1 saturated heterocycles. The summed E-state index contributed by atoms with van der Waals surface area (Å²) in [4.78, 5) is 9.19. The molecule has 0 atom stereocenters. The number of guanidine groups is 1. The summed E-state index contributed by atoms with van der Waals surface area (Å²) in [5.74, 6) is 3.63. The predicted molar refractivity (Wildman–Crippen MR) is 125 cm³/mol. The van der Waals surface area contributed by atoms with Gasteiger partial charge in [-0.3, -0.25) is 9.89 Å². The Balaban J connectivity index is 0.00000392. The molecule has 0 unspecified atom stereocenters. The van der Waals surface area contributed by atoms with E-state index in [-0.39, 0.29) is 24.0 Å². The quantitative estimate of drug-likeness (QED) is 0.349. The molecule has 0 saturated carbocycles. The molecule has 160 valence electrons. The zero-order valence-electron chi connectivity index (χ0n) is 17.9. The molecule has 0 aromatic heterocycles. The normalized spacial score (nSPS) is 15.2. The van der Waals surface area contributed by atoms with E-state index in [0.29, 0.717) is 23.2 Å². The van der Waals surface area contributed by atoms with Crippen molar-refractivity contribution in [1.29, 1.82) is 0 Å². The summed E-state index contributed by atoms with van der Waals surface area (Å²) in [6.07, 6.45) is 0. The first-order valence-electron chi connectivity index (χ1n) is 9.49. The van der Waals surface area contributed by atoms with Crippen molar-refractivity contribution >= 4 is 29.9 Å². The number of nitrogens with one attached hydrogen (secondary N) is 1. The van der Waals surface area contributed by atoms with Crippen molar-refractivity contribution < 1.29 is 14.2 Å². The number of benzene rings is 1. The average molecular weight is 506 g/mol. The Labute approximate surface area is 186 Å². The van der Waals surface area contributed by atoms with Gasteiger partial charge in [-0.25, -0.2) is 0 Å². The molecule has 1 aliphatic rings. The second kappa shape index (κ2) is 12.2. The topological polar surface area (TPSA) is 58.6 Å². The lowest BCUT2D eigenvalue weighted by Crippen LogP contribution is -2.52. The summed E-state index contributed by atoms with van der Waals surface area (Å²) in [6, 6.07) is 4.05. The predicted octanol–water partition coefficient (Wildman–Crippen LogP) is 2.68. The maximum absolute atomic E-state index is 5.46. The van der Waals surface area contributed by atoms with Gasteiger partial charge in [0.05, 0.1) is 21.3 Å². The van der Waals surface area contributed by atoms with E-state index in [0.717, 1.165) is 50.8 Å². The van der Waals surface area contributed by atoms with Gasteiger partial charge in [-0.1, -0.05) is 13.8 Å². The van der Waals surface area contributed by atoms with Crippen LogP contribution in [0, 0.1) is 5.92 Å². The van der Waals surface area contributed by atoms with Crippen molar-refractivity contribution in [2.24, 2.45) is 10.9 Å². The molecule has 28 heavy (non-hydrogen) atoms. The summed E-state index contributed by atoms with van der Waals surface area (Å²) in [6.45, 7) is 10.1. The molecular formula is C20H35IN4O3. The van der Waals surface area contributed by atoms with E-state index in [2.05, 4.69) is 34.0 Å². The third-order valence-corrected chi connectivity index (χ3v) is 4.68. The van der Waals surface area contributed by atoms with Crippen LogP contribution in [0.4, 0.5) is 0 Å². The second-order valence-electron chi connectivity index (χ2n) is 7.12. The van der Waals surface area contributed by atoms with Crippen molar-refractivity contribution in [3.05, 3.63) is 17.7 Å². The number of piperazine rings is 1. The van der Waals surface area contributed by atoms with Gasteiger partial charge in [-0.15, -0.1) is 24.0 Å². The van der Waals surface area contributed by atoms with Crippen LogP contribution in [0.5, 0.6) is 17.2 Å². The largest absolute Gasteiger partial charge is 0.493 e. The van der Waals surface area contributed by atoms with E-state index in [9.17, 15) is 0 Å². The third-order valence-electron chi connectivity index (χ3n) is 4.68. The first kappa shape index (κ1) is 24.6. The van der Waals surface area contributed by atoms with Gasteiger partial charge < -0.3 is 24.4 Å². The number of aliphatic imine (C=N–C) groups is 1. The highest BCUT2D eigenvalue weighted by Gasteiger charge is 2.21. The zero-order valence-corrected chi connectivity index (χ0v) is 20.3. The number of ether oxygens (including phenoxy) is 3. The summed E-state index contributed by atoms with van der Waals surface area (Å²) in [7, 11) is 6.77. The summed E-state index contributed by atoms with van der Waals surface area (Å²) in [5.41, 5.74) is 1.15. The monoisotopic (exact) mass is 506 g/mol. The third kappa shape index (κ3) is 6.58. The molecule has 1 N–H and O–H groups in total. The number of hydrogen-bond donors (Lipinski definition) is 1. The van der Waals surface area contributed by atoms with E-state index in [1.807, 2.05) is 19.2 Å². The van der Waals surface area contributed by atoms with Crippen molar-refractivity contribution in [2.75, 3.05) is 61.1 Å². The minimum atomic E-state index is 0. The van der Waals surface area contributed by atoms with Crippen molar-refractivity contribution in [3.63, 3.8) is 0 Å². The lowest BCUT2D eigenvalue weighted by Gasteiger charge is -2.36. The van der Waals surface area contributed by atoms with Gasteiger partial charge in [0.2, 0.25) is 5.75 Å². The zero-order chi connectivity index (χ0) is 19.8. The van der Waals surface area contributed by atoms with Crippen LogP contribution in [0.3, 0.4) is 0 Å². The van der Waals surface area contributed by atoms with Crippen LogP contribution >= 0.6 is 24.0 Å². The highest BCUT2D eigenvalue weighted by atomic mass is 127. The molecule has 0 spiro atoms. The Morgan fingerprint density at radius 1 is 1.04 bits per heavy atom. The minimum absolute atomic E-state index is 0. The Hall–Kier alpha value is -1.42. The lowest BCUT2D eigenvalue weighted by molar-refractivity contribution is 0.172. The van der Waals surface area contributed by atoms with Crippen molar-refractivity contribution in [3.8, 4) is 17.2 Å². The smallest absolute Gasteiger partial charge is 0.203 e. The molecule has 0 aliphatic carbocycles. The number of nitrogens with zero attached hydrogens (tertiary/aromatic N) is 3. The van der Waals surface area contributed by atoms with Crippen molar-refractivity contribution in [2.45, 2.75) is 20.4 Å². The number of hydrogen-bond acceptors (Lipinski definition) is 5. The van der Waals surface area contributed by atoms with Crippen molar-refractivity contribution in [1.82, 2.24) is 15.1 Å². The van der Waals surface area contributed by atoms with Crippen LogP contribution in [0.15, 0.2) is 17.1 Å². The second-order valence-corrected chi connectivity index (χ2v) is 7.12. The Morgan fingerprint density at radius 2 is 1.61 bits per heavy atom.